The van der Waals surface area contributed by atoms with Crippen LogP contribution < -0.4 is 5.56 Å². The Morgan fingerprint density at radius 1 is 1.03 bits per heavy atom. The summed E-state index contributed by atoms with van der Waals surface area (Å²) in [5.41, 5.74) is 2.84. The summed E-state index contributed by atoms with van der Waals surface area (Å²) in [7, 11) is 0. The topological polar surface area (TPSA) is 98.0 Å². The van der Waals surface area contributed by atoms with Gasteiger partial charge in [0, 0.05) is 18.8 Å². The van der Waals surface area contributed by atoms with E-state index in [1.807, 2.05) is 12.1 Å². The molecule has 0 aliphatic rings. The van der Waals surface area contributed by atoms with Crippen LogP contribution in [0.25, 0.3) is 10.9 Å². The number of carboxylic acids is 1. The molecule has 0 spiro atoms. The number of hydrogen-bond donors (Lipinski definition) is 1. The van der Waals surface area contributed by atoms with Gasteiger partial charge in [0.15, 0.2) is 0 Å². The van der Waals surface area contributed by atoms with E-state index in [-0.39, 0.29) is 17.7 Å². The largest absolute Gasteiger partial charge is 0.478 e. The molecule has 146 valence electrons. The van der Waals surface area contributed by atoms with Crippen LogP contribution in [-0.4, -0.2) is 30.6 Å². The third-order valence-corrected chi connectivity index (χ3v) is 4.52. The van der Waals surface area contributed by atoms with Crippen molar-refractivity contribution in [3.05, 3.63) is 100 Å². The fourth-order valence-electron chi connectivity index (χ4n) is 2.93. The Bertz CT molecular complexity index is 1330. The molecule has 0 saturated heterocycles. The van der Waals surface area contributed by atoms with E-state index >= 15 is 0 Å². The number of pyridine rings is 2. The zero-order valence-electron chi connectivity index (χ0n) is 15.8. The molecule has 7 heteroatoms. The van der Waals surface area contributed by atoms with E-state index in [0.29, 0.717) is 23.0 Å². The lowest BCUT2D eigenvalue weighted by molar-refractivity contribution is 0.0697. The first kappa shape index (κ1) is 19.0. The highest BCUT2D eigenvalue weighted by Gasteiger charge is 2.07. The monoisotopic (exact) mass is 396 g/mol. The number of carboxylic acid groups (broad SMARTS) is 1. The van der Waals surface area contributed by atoms with Crippen molar-refractivity contribution in [2.24, 2.45) is 0 Å². The lowest BCUT2D eigenvalue weighted by Crippen LogP contribution is -2.21. The molecule has 0 radical (unpaired) electrons. The molecule has 0 fully saturated rings. The SMILES string of the molecule is O=C(O)c1ccc(Cn2cnc3cnc(C#CCc4ccncc4)cc3c2=O)cc1. The molecule has 0 unspecified atom stereocenters. The highest BCUT2D eigenvalue weighted by Crippen LogP contribution is 2.09. The molecule has 0 amide bonds. The van der Waals surface area contributed by atoms with E-state index in [0.717, 1.165) is 11.1 Å². The van der Waals surface area contributed by atoms with Gasteiger partial charge in [-0.3, -0.25) is 14.3 Å². The standard InChI is InChI=1S/C23H16N4O3/c28-22-20-12-19(3-1-2-16-8-10-24-11-9-16)25-13-21(20)26-15-27(22)14-17-4-6-18(7-5-17)23(29)30/h4-13,15H,2,14H2,(H,29,30). The van der Waals surface area contributed by atoms with E-state index in [9.17, 15) is 9.59 Å². The van der Waals surface area contributed by atoms with Crippen LogP contribution in [0.4, 0.5) is 0 Å². The number of hydrogen-bond acceptors (Lipinski definition) is 5. The Hall–Kier alpha value is -4.31. The Morgan fingerprint density at radius 3 is 2.53 bits per heavy atom. The van der Waals surface area contributed by atoms with Gasteiger partial charge in [0.2, 0.25) is 0 Å². The van der Waals surface area contributed by atoms with E-state index in [1.165, 1.54) is 23.0 Å². The highest BCUT2D eigenvalue weighted by molar-refractivity contribution is 5.87. The van der Waals surface area contributed by atoms with Crippen LogP contribution in [0.1, 0.15) is 27.2 Å². The third kappa shape index (κ3) is 4.23. The summed E-state index contributed by atoms with van der Waals surface area (Å²) in [6, 6.07) is 11.8. The Labute approximate surface area is 171 Å². The second-order valence-corrected chi connectivity index (χ2v) is 6.60. The maximum atomic E-state index is 12.9. The first-order chi connectivity index (χ1) is 14.6. The van der Waals surface area contributed by atoms with Gasteiger partial charge in [0.05, 0.1) is 35.5 Å². The molecule has 7 nitrogen and oxygen atoms in total. The smallest absolute Gasteiger partial charge is 0.335 e. The predicted octanol–water partition coefficient (Wildman–Crippen LogP) is 2.53. The van der Waals surface area contributed by atoms with Crippen LogP contribution in [0.3, 0.4) is 0 Å². The molecule has 3 heterocycles. The number of rotatable bonds is 4. The van der Waals surface area contributed by atoms with Crippen molar-refractivity contribution in [3.63, 3.8) is 0 Å². The maximum Gasteiger partial charge on any atom is 0.335 e. The van der Waals surface area contributed by atoms with Gasteiger partial charge >= 0.3 is 5.97 Å². The number of benzene rings is 1. The molecular weight excluding hydrogens is 380 g/mol. The molecule has 0 saturated carbocycles. The Kier molecular flexibility index (Phi) is 5.31. The van der Waals surface area contributed by atoms with Crippen LogP contribution in [0.5, 0.6) is 0 Å². The van der Waals surface area contributed by atoms with Gasteiger partial charge in [-0.2, -0.15) is 0 Å². The van der Waals surface area contributed by atoms with Crippen LogP contribution in [0.2, 0.25) is 0 Å². The summed E-state index contributed by atoms with van der Waals surface area (Å²) in [4.78, 5) is 36.4. The minimum absolute atomic E-state index is 0.198. The minimum Gasteiger partial charge on any atom is -0.478 e. The summed E-state index contributed by atoms with van der Waals surface area (Å²) < 4.78 is 1.48. The second-order valence-electron chi connectivity index (χ2n) is 6.60. The molecule has 1 N–H and O–H groups in total. The second kappa shape index (κ2) is 8.37. The zero-order valence-corrected chi connectivity index (χ0v) is 15.8. The fraction of sp³-hybridized carbons (Fsp3) is 0.0870. The van der Waals surface area contributed by atoms with Crippen LogP contribution in [0, 0.1) is 11.8 Å². The third-order valence-electron chi connectivity index (χ3n) is 4.52. The zero-order chi connectivity index (χ0) is 20.9. The summed E-state index contributed by atoms with van der Waals surface area (Å²) in [5, 5.41) is 9.43. The van der Waals surface area contributed by atoms with Crippen LogP contribution >= 0.6 is 0 Å². The molecule has 4 aromatic rings. The normalized spacial score (nSPS) is 10.4. The van der Waals surface area contributed by atoms with E-state index in [4.69, 9.17) is 5.11 Å². The number of aromatic carboxylic acids is 1. The lowest BCUT2D eigenvalue weighted by Gasteiger charge is -2.07. The molecule has 3 aromatic heterocycles. The highest BCUT2D eigenvalue weighted by atomic mass is 16.4. The van der Waals surface area contributed by atoms with Crippen molar-refractivity contribution < 1.29 is 9.90 Å². The number of fused-ring (bicyclic) bond motifs is 1. The molecule has 1 aromatic carbocycles. The molecular formula is C23H16N4O3. The summed E-state index contributed by atoms with van der Waals surface area (Å²) in [6.45, 7) is 0.285. The predicted molar refractivity (Wildman–Crippen MR) is 111 cm³/mol. The van der Waals surface area contributed by atoms with E-state index < -0.39 is 5.97 Å². The Balaban J connectivity index is 1.60. The van der Waals surface area contributed by atoms with Crippen LogP contribution in [-0.2, 0) is 13.0 Å². The number of nitrogens with zero attached hydrogens (tertiary/aromatic N) is 4. The van der Waals surface area contributed by atoms with Gasteiger partial charge in [-0.25, -0.2) is 14.8 Å². The lowest BCUT2D eigenvalue weighted by atomic mass is 10.1. The van der Waals surface area contributed by atoms with E-state index in [1.54, 1.807) is 36.8 Å². The van der Waals surface area contributed by atoms with Gasteiger partial charge in [-0.15, -0.1) is 0 Å². The van der Waals surface area contributed by atoms with E-state index in [2.05, 4.69) is 26.8 Å². The molecule has 0 bridgehead atoms. The van der Waals surface area contributed by atoms with Crippen molar-refractivity contribution in [1.29, 1.82) is 0 Å². The van der Waals surface area contributed by atoms with Crippen molar-refractivity contribution >= 4 is 16.9 Å². The minimum atomic E-state index is -0.990. The molecule has 4 rings (SSSR count). The van der Waals surface area contributed by atoms with Gasteiger partial charge in [0.25, 0.3) is 5.56 Å². The summed E-state index contributed by atoms with van der Waals surface area (Å²) in [5.74, 6) is 5.05. The average Bonchev–Trinajstić information content (AvgIpc) is 2.77. The summed E-state index contributed by atoms with van der Waals surface area (Å²) in [6.07, 6.45) is 7.00. The van der Waals surface area contributed by atoms with Gasteiger partial charge in [-0.1, -0.05) is 18.1 Å². The van der Waals surface area contributed by atoms with Crippen molar-refractivity contribution in [3.8, 4) is 11.8 Å². The van der Waals surface area contributed by atoms with Crippen molar-refractivity contribution in [1.82, 2.24) is 19.5 Å². The quantitative estimate of drug-likeness (QED) is 0.533. The molecule has 0 atom stereocenters. The number of aromatic nitrogens is 4. The van der Waals surface area contributed by atoms with Crippen LogP contribution in [0.15, 0.2) is 72.2 Å². The first-order valence-corrected chi connectivity index (χ1v) is 9.15. The maximum absolute atomic E-state index is 12.9. The van der Waals surface area contributed by atoms with Crippen molar-refractivity contribution in [2.45, 2.75) is 13.0 Å². The van der Waals surface area contributed by atoms with Gasteiger partial charge < -0.3 is 5.11 Å². The fourth-order valence-corrected chi connectivity index (χ4v) is 2.93. The molecule has 0 aliphatic carbocycles. The van der Waals surface area contributed by atoms with Crippen molar-refractivity contribution in [2.75, 3.05) is 0 Å². The van der Waals surface area contributed by atoms with Gasteiger partial charge in [-0.05, 0) is 47.4 Å². The molecule has 30 heavy (non-hydrogen) atoms. The Morgan fingerprint density at radius 2 is 1.80 bits per heavy atom. The number of carbonyl (C=O) groups is 1. The molecule has 0 aliphatic heterocycles. The first-order valence-electron chi connectivity index (χ1n) is 9.15. The summed E-state index contributed by atoms with van der Waals surface area (Å²) >= 11 is 0. The average molecular weight is 396 g/mol. The van der Waals surface area contributed by atoms with Gasteiger partial charge in [0.1, 0.15) is 5.69 Å².